The number of piperidine rings is 1. The molecule has 0 bridgehead atoms. The summed E-state index contributed by atoms with van der Waals surface area (Å²) in [6.07, 6.45) is 3.87. The quantitative estimate of drug-likeness (QED) is 0.323. The van der Waals surface area contributed by atoms with Crippen molar-refractivity contribution in [1.82, 2.24) is 15.4 Å². The van der Waals surface area contributed by atoms with Crippen molar-refractivity contribution in [3.63, 3.8) is 0 Å². The van der Waals surface area contributed by atoms with Gasteiger partial charge in [0.25, 0.3) is 5.91 Å². The Hall–Kier alpha value is -3.76. The molecular weight excluding hydrogens is 500 g/mol. The molecule has 3 aromatic rings. The van der Waals surface area contributed by atoms with E-state index in [-0.39, 0.29) is 52.3 Å². The third kappa shape index (κ3) is 6.63. The van der Waals surface area contributed by atoms with Gasteiger partial charge in [0.05, 0.1) is 0 Å². The summed E-state index contributed by atoms with van der Waals surface area (Å²) in [6.45, 7) is 7.62. The second-order valence-electron chi connectivity index (χ2n) is 10.5. The highest BCUT2D eigenvalue weighted by Crippen LogP contribution is 2.43. The number of phenolic OH excluding ortho intramolecular Hbond substituents is 2. The minimum Gasteiger partial charge on any atom is -0.508 e. The lowest BCUT2D eigenvalue weighted by atomic mass is 9.99. The molecule has 10 nitrogen and oxygen atoms in total. The maximum Gasteiger partial charge on any atom is 0.273 e. The number of nitrogens with one attached hydrogen (secondary N) is 2. The molecule has 3 heterocycles. The average molecular weight is 537 g/mol. The van der Waals surface area contributed by atoms with Crippen LogP contribution in [0.2, 0.25) is 0 Å². The molecule has 208 valence electrons. The zero-order valence-corrected chi connectivity index (χ0v) is 22.4. The summed E-state index contributed by atoms with van der Waals surface area (Å²) in [5.74, 6) is 0.0602. The van der Waals surface area contributed by atoms with E-state index >= 15 is 0 Å². The molecule has 2 aliphatic rings. The van der Waals surface area contributed by atoms with Gasteiger partial charge in [-0.15, -0.1) is 0 Å². The number of anilines is 1. The first kappa shape index (κ1) is 26.8. The number of ether oxygens (including phenoxy) is 2. The lowest BCUT2D eigenvalue weighted by Crippen LogP contribution is -2.49. The molecule has 0 atom stereocenters. The van der Waals surface area contributed by atoms with Gasteiger partial charge in [0.15, 0.2) is 11.5 Å². The largest absolute Gasteiger partial charge is 0.508 e. The summed E-state index contributed by atoms with van der Waals surface area (Å²) in [6, 6.07) is 12.3. The van der Waals surface area contributed by atoms with E-state index in [0.717, 1.165) is 57.7 Å². The zero-order chi connectivity index (χ0) is 27.4. The Bertz CT molecular complexity index is 1260. The molecule has 10 heteroatoms. The highest BCUT2D eigenvalue weighted by Gasteiger charge is 2.28. The van der Waals surface area contributed by atoms with E-state index in [4.69, 9.17) is 14.0 Å². The van der Waals surface area contributed by atoms with E-state index < -0.39 is 0 Å². The van der Waals surface area contributed by atoms with Gasteiger partial charge in [-0.1, -0.05) is 5.16 Å². The number of nitrogens with zero attached hydrogens (tertiary/aromatic N) is 2. The first-order valence-electron chi connectivity index (χ1n) is 13.6. The van der Waals surface area contributed by atoms with E-state index in [1.54, 1.807) is 12.1 Å². The van der Waals surface area contributed by atoms with E-state index in [9.17, 15) is 15.0 Å². The van der Waals surface area contributed by atoms with Crippen molar-refractivity contribution in [3.05, 3.63) is 48.2 Å². The fourth-order valence-corrected chi connectivity index (χ4v) is 5.21. The predicted octanol–water partition coefficient (Wildman–Crippen LogP) is 4.74. The molecule has 4 N–H and O–H groups in total. The number of likely N-dealkylation sites (tertiary alicyclic amines) is 1. The van der Waals surface area contributed by atoms with Crippen LogP contribution in [0.1, 0.15) is 50.0 Å². The second kappa shape index (κ2) is 12.0. The number of carbonyl (C=O) groups is 1. The molecule has 0 aliphatic carbocycles. The SMILES string of the molecule is CC(C)Nc1ccc(Oc2cc(O)cc(O)c2-c2cc(C(=O)NC3CCN(C4CCOCC4)CC3)no2)cc1. The average Bonchev–Trinajstić information content (AvgIpc) is 3.40. The van der Waals surface area contributed by atoms with Crippen LogP contribution >= 0.6 is 0 Å². The van der Waals surface area contributed by atoms with Gasteiger partial charge in [-0.25, -0.2) is 0 Å². The lowest BCUT2D eigenvalue weighted by Gasteiger charge is -2.39. The molecule has 1 amide bonds. The molecule has 0 radical (unpaired) electrons. The normalized spacial score (nSPS) is 17.3. The molecule has 39 heavy (non-hydrogen) atoms. The number of amides is 1. The van der Waals surface area contributed by atoms with Crippen LogP contribution in [0.4, 0.5) is 5.69 Å². The highest BCUT2D eigenvalue weighted by atomic mass is 16.5. The standard InChI is InChI=1S/C29H36N4O6/c1-18(2)30-19-3-5-23(6-4-19)38-26-16-22(34)15-25(35)28(26)27-17-24(32-39-27)29(36)31-20-7-11-33(12-8-20)21-9-13-37-14-10-21/h3-6,15-18,20-21,30,34-35H,7-14H2,1-2H3,(H,31,36). The summed E-state index contributed by atoms with van der Waals surface area (Å²) in [7, 11) is 0. The van der Waals surface area contributed by atoms with Crippen LogP contribution in [0, 0.1) is 0 Å². The third-order valence-corrected chi connectivity index (χ3v) is 7.16. The summed E-state index contributed by atoms with van der Waals surface area (Å²) >= 11 is 0. The van der Waals surface area contributed by atoms with Crippen LogP contribution < -0.4 is 15.4 Å². The number of benzene rings is 2. The van der Waals surface area contributed by atoms with Gasteiger partial charge in [-0.05, 0) is 63.8 Å². The third-order valence-electron chi connectivity index (χ3n) is 7.16. The van der Waals surface area contributed by atoms with Crippen molar-refractivity contribution in [2.45, 2.75) is 57.7 Å². The number of hydrogen-bond donors (Lipinski definition) is 4. The maximum absolute atomic E-state index is 13.0. The number of aromatic nitrogens is 1. The Morgan fingerprint density at radius 1 is 1.05 bits per heavy atom. The molecular formula is C29H36N4O6. The minimum absolute atomic E-state index is 0.0582. The van der Waals surface area contributed by atoms with E-state index in [0.29, 0.717) is 11.8 Å². The first-order chi connectivity index (χ1) is 18.9. The van der Waals surface area contributed by atoms with E-state index in [1.165, 1.54) is 18.2 Å². The number of phenols is 2. The van der Waals surface area contributed by atoms with Crippen molar-refractivity contribution >= 4 is 11.6 Å². The Morgan fingerprint density at radius 3 is 2.46 bits per heavy atom. The van der Waals surface area contributed by atoms with Crippen LogP contribution in [0.25, 0.3) is 11.3 Å². The smallest absolute Gasteiger partial charge is 0.273 e. The summed E-state index contributed by atoms with van der Waals surface area (Å²) in [5.41, 5.74) is 1.24. The second-order valence-corrected chi connectivity index (χ2v) is 10.5. The van der Waals surface area contributed by atoms with Crippen LogP contribution in [0.15, 0.2) is 47.0 Å². The lowest BCUT2D eigenvalue weighted by molar-refractivity contribution is 0.0238. The molecule has 2 aliphatic heterocycles. The van der Waals surface area contributed by atoms with Gasteiger partial charge in [0.2, 0.25) is 0 Å². The summed E-state index contributed by atoms with van der Waals surface area (Å²) < 4.78 is 16.9. The molecule has 5 rings (SSSR count). The maximum atomic E-state index is 13.0. The fourth-order valence-electron chi connectivity index (χ4n) is 5.21. The van der Waals surface area contributed by atoms with Crippen molar-refractivity contribution in [2.24, 2.45) is 0 Å². The zero-order valence-electron chi connectivity index (χ0n) is 22.4. The van der Waals surface area contributed by atoms with Crippen molar-refractivity contribution in [3.8, 4) is 34.3 Å². The molecule has 1 aromatic heterocycles. The number of hydrogen-bond acceptors (Lipinski definition) is 9. The van der Waals surface area contributed by atoms with Gasteiger partial charge in [0.1, 0.15) is 28.6 Å². The van der Waals surface area contributed by atoms with Crippen LogP contribution in [-0.2, 0) is 4.74 Å². The summed E-state index contributed by atoms with van der Waals surface area (Å²) in [4.78, 5) is 15.5. The van der Waals surface area contributed by atoms with E-state index in [2.05, 4.69) is 34.5 Å². The van der Waals surface area contributed by atoms with Gasteiger partial charge < -0.3 is 39.7 Å². The van der Waals surface area contributed by atoms with Gasteiger partial charge >= 0.3 is 0 Å². The van der Waals surface area contributed by atoms with Gasteiger partial charge in [-0.3, -0.25) is 4.79 Å². The molecule has 2 saturated heterocycles. The van der Waals surface area contributed by atoms with Gasteiger partial charge in [-0.2, -0.15) is 0 Å². The first-order valence-corrected chi connectivity index (χ1v) is 13.6. The molecule has 0 unspecified atom stereocenters. The number of aromatic hydroxyl groups is 2. The Kier molecular flexibility index (Phi) is 8.23. The molecule has 0 spiro atoms. The van der Waals surface area contributed by atoms with Gasteiger partial charge in [0, 0.05) is 68.3 Å². The molecule has 2 aromatic carbocycles. The van der Waals surface area contributed by atoms with Crippen LogP contribution in [-0.4, -0.2) is 70.6 Å². The van der Waals surface area contributed by atoms with Crippen molar-refractivity contribution in [1.29, 1.82) is 0 Å². The number of rotatable bonds is 8. The van der Waals surface area contributed by atoms with Crippen molar-refractivity contribution < 1.29 is 29.0 Å². The highest BCUT2D eigenvalue weighted by molar-refractivity contribution is 5.93. The Morgan fingerprint density at radius 2 is 1.77 bits per heavy atom. The fraction of sp³-hybridized carbons (Fsp3) is 0.448. The monoisotopic (exact) mass is 536 g/mol. The summed E-state index contributed by atoms with van der Waals surface area (Å²) in [5, 5.41) is 31.1. The Labute approximate surface area is 227 Å². The molecule has 2 fully saturated rings. The minimum atomic E-state index is -0.330. The topological polar surface area (TPSA) is 129 Å². The molecule has 0 saturated carbocycles. The van der Waals surface area contributed by atoms with Crippen LogP contribution in [0.5, 0.6) is 23.0 Å². The van der Waals surface area contributed by atoms with Crippen LogP contribution in [0.3, 0.4) is 0 Å². The van der Waals surface area contributed by atoms with Crippen molar-refractivity contribution in [2.75, 3.05) is 31.6 Å². The Balaban J connectivity index is 1.25. The predicted molar refractivity (Wildman–Crippen MR) is 146 cm³/mol. The van der Waals surface area contributed by atoms with E-state index in [1.807, 2.05) is 12.1 Å². The number of carbonyl (C=O) groups excluding carboxylic acids is 1.